The molecule has 0 aliphatic carbocycles. The molecule has 0 aliphatic rings. The first-order chi connectivity index (χ1) is 7.15. The third kappa shape index (κ3) is 1.63. The van der Waals surface area contributed by atoms with E-state index in [0.29, 0.717) is 20.9 Å². The highest BCUT2D eigenvalue weighted by molar-refractivity contribution is 6.45. The van der Waals surface area contributed by atoms with Gasteiger partial charge in [0.05, 0.1) is 26.1 Å². The van der Waals surface area contributed by atoms with Crippen molar-refractivity contribution in [2.75, 3.05) is 0 Å². The minimum Gasteiger partial charge on any atom is -0.253 e. The Balaban J connectivity index is 3.00. The molecule has 0 fully saturated rings. The van der Waals surface area contributed by atoms with Gasteiger partial charge < -0.3 is 0 Å². The van der Waals surface area contributed by atoms with E-state index >= 15 is 0 Å². The fraction of sp³-hybridized carbons (Fsp3) is 0. The molecule has 1 heterocycles. The molecule has 2 nitrogen and oxygen atoms in total. The maximum absolute atomic E-state index is 8.79. The number of aromatic nitrogens is 1. The van der Waals surface area contributed by atoms with Crippen molar-refractivity contribution >= 4 is 45.7 Å². The summed E-state index contributed by atoms with van der Waals surface area (Å²) in [5.74, 6) is 0. The van der Waals surface area contributed by atoms with Crippen LogP contribution in [0.5, 0.6) is 0 Å². The van der Waals surface area contributed by atoms with Gasteiger partial charge in [0.25, 0.3) is 0 Å². The van der Waals surface area contributed by atoms with Gasteiger partial charge >= 0.3 is 0 Å². The Hall–Kier alpha value is -1.01. The van der Waals surface area contributed by atoms with Crippen LogP contribution in [0.15, 0.2) is 18.3 Å². The molecule has 0 N–H and O–H groups in total. The number of hydrogen-bond acceptors (Lipinski definition) is 2. The van der Waals surface area contributed by atoms with Crippen LogP contribution in [0, 0.1) is 11.3 Å². The van der Waals surface area contributed by atoms with Crippen molar-refractivity contribution in [2.24, 2.45) is 0 Å². The number of fused-ring (bicyclic) bond motifs is 1. The molecule has 0 saturated carbocycles. The van der Waals surface area contributed by atoms with Crippen LogP contribution in [-0.2, 0) is 0 Å². The molecule has 0 radical (unpaired) electrons. The molecular weight excluding hydrogens is 254 g/mol. The summed E-state index contributed by atoms with van der Waals surface area (Å²) < 4.78 is 0. The Kier molecular flexibility index (Phi) is 2.70. The monoisotopic (exact) mass is 256 g/mol. The molecule has 0 unspecified atom stereocenters. The van der Waals surface area contributed by atoms with Crippen LogP contribution in [-0.4, -0.2) is 4.98 Å². The summed E-state index contributed by atoms with van der Waals surface area (Å²) in [6.07, 6.45) is 1.38. The molecule has 74 valence electrons. The van der Waals surface area contributed by atoms with Crippen LogP contribution in [0.2, 0.25) is 15.1 Å². The quantitative estimate of drug-likeness (QED) is 0.713. The van der Waals surface area contributed by atoms with Gasteiger partial charge in [-0.1, -0.05) is 34.8 Å². The maximum atomic E-state index is 8.79. The third-order valence-corrected chi connectivity index (χ3v) is 2.99. The second-order valence-electron chi connectivity index (χ2n) is 2.85. The highest BCUT2D eigenvalue weighted by Crippen LogP contribution is 2.34. The van der Waals surface area contributed by atoms with Gasteiger partial charge in [-0.15, -0.1) is 0 Å². The fourth-order valence-electron chi connectivity index (χ4n) is 1.27. The summed E-state index contributed by atoms with van der Waals surface area (Å²) in [4.78, 5) is 4.05. The fourth-order valence-corrected chi connectivity index (χ4v) is 2.06. The highest BCUT2D eigenvalue weighted by atomic mass is 35.5. The summed E-state index contributed by atoms with van der Waals surface area (Å²) in [5.41, 5.74) is 0.793. The minimum atomic E-state index is 0.285. The van der Waals surface area contributed by atoms with Crippen LogP contribution in [0.25, 0.3) is 10.9 Å². The molecule has 0 atom stereocenters. The lowest BCUT2D eigenvalue weighted by molar-refractivity contribution is 1.37. The molecule has 0 aliphatic heterocycles. The SMILES string of the molecule is N#Cc1cnc2c(Cl)ccc(Cl)c2c1Cl. The summed E-state index contributed by atoms with van der Waals surface area (Å²) >= 11 is 17.9. The average Bonchev–Trinajstić information content (AvgIpc) is 2.23. The number of nitrogens with zero attached hydrogens (tertiary/aromatic N) is 2. The van der Waals surface area contributed by atoms with Crippen molar-refractivity contribution in [3.8, 4) is 6.07 Å². The first-order valence-electron chi connectivity index (χ1n) is 3.97. The highest BCUT2D eigenvalue weighted by Gasteiger charge is 2.11. The van der Waals surface area contributed by atoms with Gasteiger partial charge in [-0.25, -0.2) is 0 Å². The van der Waals surface area contributed by atoms with Crippen LogP contribution < -0.4 is 0 Å². The smallest absolute Gasteiger partial charge is 0.102 e. The molecule has 5 heteroatoms. The molecule has 1 aromatic carbocycles. The Morgan fingerprint density at radius 1 is 1.13 bits per heavy atom. The van der Waals surface area contributed by atoms with Crippen molar-refractivity contribution in [2.45, 2.75) is 0 Å². The molecule has 2 rings (SSSR count). The second-order valence-corrected chi connectivity index (χ2v) is 4.04. The number of halogens is 3. The molecule has 1 aromatic heterocycles. The van der Waals surface area contributed by atoms with Gasteiger partial charge in [-0.3, -0.25) is 4.98 Å². The molecule has 0 amide bonds. The summed E-state index contributed by atoms with van der Waals surface area (Å²) in [6.45, 7) is 0. The van der Waals surface area contributed by atoms with Crippen molar-refractivity contribution < 1.29 is 0 Å². The van der Waals surface area contributed by atoms with Crippen LogP contribution in [0.1, 0.15) is 5.56 Å². The molecule has 2 aromatic rings. The van der Waals surface area contributed by atoms with Crippen molar-refractivity contribution in [3.05, 3.63) is 39.0 Å². The Bertz CT molecular complexity index is 587. The zero-order valence-corrected chi connectivity index (χ0v) is 9.53. The van der Waals surface area contributed by atoms with E-state index in [9.17, 15) is 0 Å². The molecular formula is C10H3Cl3N2. The van der Waals surface area contributed by atoms with Crippen LogP contribution in [0.4, 0.5) is 0 Å². The van der Waals surface area contributed by atoms with Gasteiger partial charge in [0.1, 0.15) is 6.07 Å². The van der Waals surface area contributed by atoms with E-state index in [0.717, 1.165) is 0 Å². The van der Waals surface area contributed by atoms with E-state index in [1.807, 2.05) is 6.07 Å². The summed E-state index contributed by atoms with van der Waals surface area (Å²) in [7, 11) is 0. The Morgan fingerprint density at radius 3 is 2.47 bits per heavy atom. The van der Waals surface area contributed by atoms with Crippen LogP contribution >= 0.6 is 34.8 Å². The van der Waals surface area contributed by atoms with Crippen LogP contribution in [0.3, 0.4) is 0 Å². The number of nitriles is 1. The standard InChI is InChI=1S/C10H3Cl3N2/c11-6-1-2-7(12)10-8(6)9(13)5(3-14)4-15-10/h1-2,4H. The lowest BCUT2D eigenvalue weighted by Crippen LogP contribution is -1.87. The van der Waals surface area contributed by atoms with Gasteiger partial charge in [0.2, 0.25) is 0 Å². The normalized spacial score (nSPS) is 10.3. The molecule has 0 bridgehead atoms. The first kappa shape index (κ1) is 10.5. The molecule has 0 spiro atoms. The molecule has 15 heavy (non-hydrogen) atoms. The number of hydrogen-bond donors (Lipinski definition) is 0. The lowest BCUT2D eigenvalue weighted by Gasteiger charge is -2.04. The number of benzene rings is 1. The molecule has 0 saturated heterocycles. The maximum Gasteiger partial charge on any atom is 0.102 e. The summed E-state index contributed by atoms with van der Waals surface area (Å²) in [6, 6.07) is 5.20. The Morgan fingerprint density at radius 2 is 1.80 bits per heavy atom. The Labute approximate surface area is 101 Å². The predicted molar refractivity (Wildman–Crippen MR) is 61.5 cm³/mol. The zero-order chi connectivity index (χ0) is 11.0. The third-order valence-electron chi connectivity index (χ3n) is 1.98. The zero-order valence-electron chi connectivity index (χ0n) is 7.26. The second kappa shape index (κ2) is 3.86. The van der Waals surface area contributed by atoms with E-state index in [1.54, 1.807) is 12.1 Å². The van der Waals surface area contributed by atoms with Gasteiger partial charge in [-0.2, -0.15) is 5.26 Å². The minimum absolute atomic E-state index is 0.285. The van der Waals surface area contributed by atoms with Crippen molar-refractivity contribution in [1.29, 1.82) is 5.26 Å². The van der Waals surface area contributed by atoms with E-state index in [2.05, 4.69) is 4.98 Å². The summed E-state index contributed by atoms with van der Waals surface area (Å²) in [5, 5.41) is 10.5. The lowest BCUT2D eigenvalue weighted by atomic mass is 10.1. The average molecular weight is 258 g/mol. The van der Waals surface area contributed by atoms with E-state index in [4.69, 9.17) is 40.1 Å². The van der Waals surface area contributed by atoms with E-state index < -0.39 is 0 Å². The van der Waals surface area contributed by atoms with Crippen molar-refractivity contribution in [1.82, 2.24) is 4.98 Å². The largest absolute Gasteiger partial charge is 0.253 e. The van der Waals surface area contributed by atoms with Gasteiger partial charge in [-0.05, 0) is 12.1 Å². The van der Waals surface area contributed by atoms with Gasteiger partial charge in [0, 0.05) is 11.6 Å². The predicted octanol–water partition coefficient (Wildman–Crippen LogP) is 4.07. The number of pyridine rings is 1. The van der Waals surface area contributed by atoms with Crippen molar-refractivity contribution in [3.63, 3.8) is 0 Å². The first-order valence-corrected chi connectivity index (χ1v) is 5.11. The number of rotatable bonds is 0. The van der Waals surface area contributed by atoms with E-state index in [-0.39, 0.29) is 10.6 Å². The van der Waals surface area contributed by atoms with Gasteiger partial charge in [0.15, 0.2) is 0 Å². The topological polar surface area (TPSA) is 36.7 Å². The van der Waals surface area contributed by atoms with E-state index in [1.165, 1.54) is 6.20 Å².